The van der Waals surface area contributed by atoms with E-state index in [1.807, 2.05) is 17.7 Å². The van der Waals surface area contributed by atoms with Gasteiger partial charge >= 0.3 is 0 Å². The summed E-state index contributed by atoms with van der Waals surface area (Å²) in [7, 11) is 3.61. The van der Waals surface area contributed by atoms with Gasteiger partial charge in [0, 0.05) is 30.6 Å². The summed E-state index contributed by atoms with van der Waals surface area (Å²) in [6, 6.07) is 2.05. The molecule has 4 nitrogen and oxygen atoms in total. The molecule has 2 aromatic heterocycles. The Kier molecular flexibility index (Phi) is 2.19. The third-order valence-corrected chi connectivity index (χ3v) is 2.90. The third-order valence-electron chi connectivity index (χ3n) is 2.90. The van der Waals surface area contributed by atoms with E-state index in [1.165, 1.54) is 4.68 Å². The van der Waals surface area contributed by atoms with Gasteiger partial charge in [-0.15, -0.1) is 0 Å². The molecule has 0 amide bonds. The fourth-order valence-electron chi connectivity index (χ4n) is 2.07. The van der Waals surface area contributed by atoms with E-state index in [0.717, 1.165) is 16.6 Å². The highest BCUT2D eigenvalue weighted by atomic mass is 16.1. The van der Waals surface area contributed by atoms with Crippen molar-refractivity contribution in [3.63, 3.8) is 0 Å². The van der Waals surface area contributed by atoms with Gasteiger partial charge in [0.25, 0.3) is 5.56 Å². The van der Waals surface area contributed by atoms with E-state index in [9.17, 15) is 4.79 Å². The van der Waals surface area contributed by atoms with Crippen LogP contribution in [0.3, 0.4) is 0 Å². The van der Waals surface area contributed by atoms with Crippen LogP contribution in [-0.2, 0) is 19.5 Å². The first-order valence-corrected chi connectivity index (χ1v) is 5.34. The minimum absolute atomic E-state index is 0.0266. The van der Waals surface area contributed by atoms with Crippen LogP contribution in [0.2, 0.25) is 0 Å². The van der Waals surface area contributed by atoms with Crippen LogP contribution in [0.25, 0.3) is 10.9 Å². The molecule has 0 radical (unpaired) electrons. The first-order chi connectivity index (χ1) is 7.32. The maximum absolute atomic E-state index is 12.0. The molecule has 0 saturated heterocycles. The first-order valence-electron chi connectivity index (χ1n) is 5.34. The minimum atomic E-state index is -0.0458. The van der Waals surface area contributed by atoms with Crippen molar-refractivity contribution in [2.45, 2.75) is 26.2 Å². The molecule has 0 aliphatic carbocycles. The van der Waals surface area contributed by atoms with E-state index in [2.05, 4.69) is 25.9 Å². The fraction of sp³-hybridized carbons (Fsp3) is 0.500. The van der Waals surface area contributed by atoms with Gasteiger partial charge in [0.15, 0.2) is 0 Å². The summed E-state index contributed by atoms with van der Waals surface area (Å²) >= 11 is 0. The lowest BCUT2D eigenvalue weighted by Crippen LogP contribution is -2.22. The van der Waals surface area contributed by atoms with Crippen molar-refractivity contribution in [3.8, 4) is 0 Å². The minimum Gasteiger partial charge on any atom is -0.343 e. The van der Waals surface area contributed by atoms with E-state index in [1.54, 1.807) is 13.2 Å². The van der Waals surface area contributed by atoms with Crippen LogP contribution < -0.4 is 5.56 Å². The zero-order valence-corrected chi connectivity index (χ0v) is 10.4. The second kappa shape index (κ2) is 3.20. The molecule has 0 aliphatic rings. The summed E-state index contributed by atoms with van der Waals surface area (Å²) in [5.41, 5.74) is 1.85. The molecular weight excluding hydrogens is 202 g/mol. The highest BCUT2D eigenvalue weighted by molar-refractivity contribution is 5.79. The van der Waals surface area contributed by atoms with Crippen molar-refractivity contribution in [2.24, 2.45) is 14.1 Å². The molecule has 0 bridgehead atoms. The molecule has 2 rings (SSSR count). The number of aryl methyl sites for hydroxylation is 2. The molecule has 0 spiro atoms. The Hall–Kier alpha value is -1.58. The fourth-order valence-corrected chi connectivity index (χ4v) is 2.07. The number of hydrogen-bond donors (Lipinski definition) is 0. The van der Waals surface area contributed by atoms with Gasteiger partial charge in [0.1, 0.15) is 5.52 Å². The molecule has 0 unspecified atom stereocenters. The second-order valence-electron chi connectivity index (χ2n) is 5.22. The summed E-state index contributed by atoms with van der Waals surface area (Å²) < 4.78 is 3.34. The zero-order chi connectivity index (χ0) is 12.1. The van der Waals surface area contributed by atoms with Gasteiger partial charge in [-0.1, -0.05) is 20.8 Å². The van der Waals surface area contributed by atoms with Gasteiger partial charge in [-0.3, -0.25) is 4.79 Å². The lowest BCUT2D eigenvalue weighted by atomic mass is 9.92. The van der Waals surface area contributed by atoms with Crippen molar-refractivity contribution < 1.29 is 0 Å². The van der Waals surface area contributed by atoms with Crippen molar-refractivity contribution in [1.82, 2.24) is 14.3 Å². The molecule has 16 heavy (non-hydrogen) atoms. The number of rotatable bonds is 0. The van der Waals surface area contributed by atoms with Gasteiger partial charge in [-0.05, 0) is 6.07 Å². The lowest BCUT2D eigenvalue weighted by molar-refractivity contribution is 0.546. The summed E-state index contributed by atoms with van der Waals surface area (Å²) in [5, 5.41) is 4.95. The molecule has 0 saturated carbocycles. The molecule has 0 atom stereocenters. The Morgan fingerprint density at radius 3 is 2.44 bits per heavy atom. The normalized spacial score (nSPS) is 12.3. The highest BCUT2D eigenvalue weighted by Crippen LogP contribution is 2.26. The molecule has 0 fully saturated rings. The summed E-state index contributed by atoms with van der Waals surface area (Å²) in [5.74, 6) is 0. The first kappa shape index (κ1) is 10.9. The van der Waals surface area contributed by atoms with Crippen LogP contribution in [-0.4, -0.2) is 14.3 Å². The Morgan fingerprint density at radius 2 is 1.88 bits per heavy atom. The summed E-state index contributed by atoms with van der Waals surface area (Å²) in [6.07, 6.45) is 1.74. The summed E-state index contributed by atoms with van der Waals surface area (Å²) in [4.78, 5) is 12.0. The Labute approximate surface area is 94.5 Å². The van der Waals surface area contributed by atoms with E-state index >= 15 is 0 Å². The molecule has 4 heteroatoms. The molecule has 0 aliphatic heterocycles. The molecule has 0 N–H and O–H groups in total. The van der Waals surface area contributed by atoms with Gasteiger partial charge in [0.2, 0.25) is 0 Å². The average molecular weight is 219 g/mol. The van der Waals surface area contributed by atoms with E-state index < -0.39 is 0 Å². The van der Waals surface area contributed by atoms with E-state index in [4.69, 9.17) is 0 Å². The largest absolute Gasteiger partial charge is 0.343 e. The molecule has 0 aromatic carbocycles. The van der Waals surface area contributed by atoms with Gasteiger partial charge in [-0.2, -0.15) is 5.10 Å². The maximum Gasteiger partial charge on any atom is 0.290 e. The summed E-state index contributed by atoms with van der Waals surface area (Å²) in [6.45, 7) is 6.41. The van der Waals surface area contributed by atoms with E-state index in [0.29, 0.717) is 0 Å². The highest BCUT2D eigenvalue weighted by Gasteiger charge is 2.20. The smallest absolute Gasteiger partial charge is 0.290 e. The number of fused-ring (bicyclic) bond motifs is 1. The quantitative estimate of drug-likeness (QED) is 0.674. The standard InChI is InChI=1S/C12H17N3O/c1-12(2,3)9-6-8-7-13-15(5)11(16)10(8)14(9)4/h6-7H,1-5H3. The average Bonchev–Trinajstić information content (AvgIpc) is 2.50. The Bertz CT molecular complexity index is 599. The lowest BCUT2D eigenvalue weighted by Gasteiger charge is -2.19. The predicted molar refractivity (Wildman–Crippen MR) is 64.7 cm³/mol. The van der Waals surface area contributed by atoms with Gasteiger partial charge < -0.3 is 4.57 Å². The van der Waals surface area contributed by atoms with Gasteiger partial charge in [-0.25, -0.2) is 4.68 Å². The number of hydrogen-bond acceptors (Lipinski definition) is 2. The van der Waals surface area contributed by atoms with Crippen LogP contribution in [0.1, 0.15) is 26.5 Å². The van der Waals surface area contributed by atoms with Crippen LogP contribution in [0.5, 0.6) is 0 Å². The van der Waals surface area contributed by atoms with Crippen molar-refractivity contribution >= 4 is 10.9 Å². The van der Waals surface area contributed by atoms with Crippen LogP contribution in [0.4, 0.5) is 0 Å². The number of nitrogens with zero attached hydrogens (tertiary/aromatic N) is 3. The molecule has 2 heterocycles. The number of aromatic nitrogens is 3. The Balaban J connectivity index is 2.90. The molecular formula is C12H17N3O. The van der Waals surface area contributed by atoms with Crippen molar-refractivity contribution in [3.05, 3.63) is 28.3 Å². The maximum atomic E-state index is 12.0. The molecule has 2 aromatic rings. The zero-order valence-electron chi connectivity index (χ0n) is 10.4. The van der Waals surface area contributed by atoms with E-state index in [-0.39, 0.29) is 11.0 Å². The van der Waals surface area contributed by atoms with Crippen LogP contribution >= 0.6 is 0 Å². The second-order valence-corrected chi connectivity index (χ2v) is 5.22. The van der Waals surface area contributed by atoms with Crippen LogP contribution in [0, 0.1) is 0 Å². The third kappa shape index (κ3) is 1.45. The SMILES string of the molecule is Cn1ncc2cc(C(C)(C)C)n(C)c2c1=O. The van der Waals surface area contributed by atoms with Crippen LogP contribution in [0.15, 0.2) is 17.1 Å². The van der Waals surface area contributed by atoms with Gasteiger partial charge in [0.05, 0.1) is 6.20 Å². The van der Waals surface area contributed by atoms with Crippen molar-refractivity contribution in [2.75, 3.05) is 0 Å². The Morgan fingerprint density at radius 1 is 1.25 bits per heavy atom. The topological polar surface area (TPSA) is 39.8 Å². The monoisotopic (exact) mass is 219 g/mol. The predicted octanol–water partition coefficient (Wildman–Crippen LogP) is 1.57. The van der Waals surface area contributed by atoms with Crippen molar-refractivity contribution in [1.29, 1.82) is 0 Å². The molecule has 86 valence electrons.